The van der Waals surface area contributed by atoms with E-state index in [1.54, 1.807) is 31.2 Å². The van der Waals surface area contributed by atoms with Crippen molar-refractivity contribution in [1.82, 2.24) is 0 Å². The van der Waals surface area contributed by atoms with E-state index in [1.807, 2.05) is 0 Å². The van der Waals surface area contributed by atoms with Crippen molar-refractivity contribution in [3.05, 3.63) is 62.1 Å². The third-order valence-electron chi connectivity index (χ3n) is 2.94. The minimum Gasteiger partial charge on any atom is -0.482 e. The minimum absolute atomic E-state index is 0.0680. The van der Waals surface area contributed by atoms with Crippen LogP contribution in [0.2, 0.25) is 10.0 Å². The van der Waals surface area contributed by atoms with E-state index >= 15 is 0 Å². The van der Waals surface area contributed by atoms with Crippen LogP contribution in [0, 0.1) is 17.0 Å². The number of carbonyl (C=O) groups excluding carboxylic acids is 1. The molecule has 6 nitrogen and oxygen atoms in total. The molecule has 0 aliphatic heterocycles. The molecule has 1 amide bonds. The van der Waals surface area contributed by atoms with E-state index in [1.165, 1.54) is 12.1 Å². The predicted octanol–water partition coefficient (Wildman–Crippen LogP) is 4.23. The Morgan fingerprint density at radius 1 is 1.26 bits per heavy atom. The Morgan fingerprint density at radius 3 is 2.70 bits per heavy atom. The zero-order valence-electron chi connectivity index (χ0n) is 12.0. The first-order valence-corrected chi connectivity index (χ1v) is 7.25. The summed E-state index contributed by atoms with van der Waals surface area (Å²) in [6, 6.07) is 9.07. The second-order valence-corrected chi connectivity index (χ2v) is 5.51. The summed E-state index contributed by atoms with van der Waals surface area (Å²) < 4.78 is 5.29. The summed E-state index contributed by atoms with van der Waals surface area (Å²) in [5.41, 5.74) is 0.754. The number of amides is 1. The normalized spacial score (nSPS) is 10.2. The summed E-state index contributed by atoms with van der Waals surface area (Å²) in [7, 11) is 0. The highest BCUT2D eigenvalue weighted by Gasteiger charge is 2.13. The number of carbonyl (C=O) groups is 1. The third-order valence-corrected chi connectivity index (χ3v) is 3.49. The van der Waals surface area contributed by atoms with Gasteiger partial charge in [0.25, 0.3) is 11.6 Å². The van der Waals surface area contributed by atoms with Gasteiger partial charge in [-0.25, -0.2) is 0 Å². The van der Waals surface area contributed by atoms with Gasteiger partial charge >= 0.3 is 0 Å². The lowest BCUT2D eigenvalue weighted by atomic mass is 10.2. The fourth-order valence-corrected chi connectivity index (χ4v) is 2.15. The maximum absolute atomic E-state index is 11.9. The first-order chi connectivity index (χ1) is 10.9. The molecular weight excluding hydrogens is 343 g/mol. The van der Waals surface area contributed by atoms with Crippen molar-refractivity contribution in [2.75, 3.05) is 11.9 Å². The molecule has 0 atom stereocenters. The first kappa shape index (κ1) is 17.1. The Balaban J connectivity index is 2.01. The van der Waals surface area contributed by atoms with Crippen LogP contribution < -0.4 is 10.1 Å². The monoisotopic (exact) mass is 354 g/mol. The highest BCUT2D eigenvalue weighted by molar-refractivity contribution is 6.34. The number of anilines is 1. The summed E-state index contributed by atoms with van der Waals surface area (Å²) in [6.45, 7) is 1.32. The van der Waals surface area contributed by atoms with E-state index in [-0.39, 0.29) is 18.0 Å². The van der Waals surface area contributed by atoms with E-state index in [2.05, 4.69) is 5.32 Å². The molecular formula is C15H12Cl2N2O4. The van der Waals surface area contributed by atoms with Crippen LogP contribution in [0.25, 0.3) is 0 Å². The van der Waals surface area contributed by atoms with Crippen molar-refractivity contribution in [1.29, 1.82) is 0 Å². The summed E-state index contributed by atoms with van der Waals surface area (Å²) in [6.07, 6.45) is 0. The third kappa shape index (κ3) is 4.58. The Kier molecular flexibility index (Phi) is 5.41. The number of aryl methyl sites for hydroxylation is 1. The number of hydrogen-bond acceptors (Lipinski definition) is 4. The lowest BCUT2D eigenvalue weighted by Gasteiger charge is -2.09. The van der Waals surface area contributed by atoms with Gasteiger partial charge in [-0.2, -0.15) is 0 Å². The van der Waals surface area contributed by atoms with Crippen LogP contribution in [-0.2, 0) is 4.79 Å². The van der Waals surface area contributed by atoms with Gasteiger partial charge in [-0.1, -0.05) is 29.3 Å². The SMILES string of the molecule is Cc1ccc(NC(=O)COc2cc(Cl)ccc2Cl)cc1[N+](=O)[O-]. The van der Waals surface area contributed by atoms with Gasteiger partial charge in [0.15, 0.2) is 6.61 Å². The van der Waals surface area contributed by atoms with Crippen molar-refractivity contribution >= 4 is 40.5 Å². The maximum Gasteiger partial charge on any atom is 0.274 e. The van der Waals surface area contributed by atoms with Crippen LogP contribution in [-0.4, -0.2) is 17.4 Å². The molecule has 0 unspecified atom stereocenters. The molecule has 0 bridgehead atoms. The van der Waals surface area contributed by atoms with E-state index < -0.39 is 10.8 Å². The first-order valence-electron chi connectivity index (χ1n) is 6.49. The lowest BCUT2D eigenvalue weighted by Crippen LogP contribution is -2.20. The van der Waals surface area contributed by atoms with E-state index in [4.69, 9.17) is 27.9 Å². The highest BCUT2D eigenvalue weighted by atomic mass is 35.5. The maximum atomic E-state index is 11.9. The van der Waals surface area contributed by atoms with Crippen molar-refractivity contribution in [3.8, 4) is 5.75 Å². The van der Waals surface area contributed by atoms with E-state index in [0.29, 0.717) is 21.3 Å². The Bertz CT molecular complexity index is 765. The van der Waals surface area contributed by atoms with Gasteiger partial charge in [0.05, 0.1) is 9.95 Å². The van der Waals surface area contributed by atoms with Crippen LogP contribution in [0.1, 0.15) is 5.56 Å². The fraction of sp³-hybridized carbons (Fsp3) is 0.133. The molecule has 1 N–H and O–H groups in total. The molecule has 8 heteroatoms. The highest BCUT2D eigenvalue weighted by Crippen LogP contribution is 2.27. The molecule has 0 heterocycles. The topological polar surface area (TPSA) is 81.5 Å². The largest absolute Gasteiger partial charge is 0.482 e. The number of nitrogens with zero attached hydrogens (tertiary/aromatic N) is 1. The standard InChI is InChI=1S/C15H12Cl2N2O4/c1-9-2-4-11(7-13(9)19(21)22)18-15(20)8-23-14-6-10(16)3-5-12(14)17/h2-7H,8H2,1H3,(H,18,20). The van der Waals surface area contributed by atoms with E-state index in [9.17, 15) is 14.9 Å². The second-order valence-electron chi connectivity index (χ2n) is 4.67. The van der Waals surface area contributed by atoms with Crippen LogP contribution in [0.15, 0.2) is 36.4 Å². The van der Waals surface area contributed by atoms with Gasteiger partial charge < -0.3 is 10.1 Å². The molecule has 0 saturated carbocycles. The molecule has 0 fully saturated rings. The zero-order chi connectivity index (χ0) is 17.0. The fourth-order valence-electron chi connectivity index (χ4n) is 1.81. The molecule has 0 aliphatic rings. The van der Waals surface area contributed by atoms with Crippen molar-refractivity contribution in [3.63, 3.8) is 0 Å². The molecule has 2 aromatic rings. The molecule has 0 spiro atoms. The predicted molar refractivity (Wildman–Crippen MR) is 88.4 cm³/mol. The summed E-state index contributed by atoms with van der Waals surface area (Å²) >= 11 is 11.7. The van der Waals surface area contributed by atoms with Crippen LogP contribution >= 0.6 is 23.2 Å². The molecule has 0 aliphatic carbocycles. The van der Waals surface area contributed by atoms with Gasteiger partial charge in [0.2, 0.25) is 0 Å². The smallest absolute Gasteiger partial charge is 0.274 e. The number of nitro groups is 1. The Hall–Kier alpha value is -2.31. The van der Waals surface area contributed by atoms with Crippen LogP contribution in [0.3, 0.4) is 0 Å². The van der Waals surface area contributed by atoms with Gasteiger partial charge in [-0.15, -0.1) is 0 Å². The average Bonchev–Trinajstić information content (AvgIpc) is 2.50. The van der Waals surface area contributed by atoms with Gasteiger partial charge in [0.1, 0.15) is 5.75 Å². The quantitative estimate of drug-likeness (QED) is 0.643. The zero-order valence-corrected chi connectivity index (χ0v) is 13.5. The second kappa shape index (κ2) is 7.30. The van der Waals surface area contributed by atoms with Gasteiger partial charge in [-0.3, -0.25) is 14.9 Å². The summed E-state index contributed by atoms with van der Waals surface area (Å²) in [5, 5.41) is 14.2. The number of rotatable bonds is 5. The lowest BCUT2D eigenvalue weighted by molar-refractivity contribution is -0.385. The number of hydrogen-bond donors (Lipinski definition) is 1. The average molecular weight is 355 g/mol. The Labute approximate surface area is 142 Å². The number of ether oxygens (including phenoxy) is 1. The van der Waals surface area contributed by atoms with Crippen molar-refractivity contribution in [2.45, 2.75) is 6.92 Å². The van der Waals surface area contributed by atoms with E-state index in [0.717, 1.165) is 0 Å². The molecule has 0 saturated heterocycles. The number of benzene rings is 2. The molecule has 120 valence electrons. The molecule has 2 rings (SSSR count). The molecule has 23 heavy (non-hydrogen) atoms. The molecule has 0 aromatic heterocycles. The van der Waals surface area contributed by atoms with Crippen molar-refractivity contribution in [2.24, 2.45) is 0 Å². The van der Waals surface area contributed by atoms with Gasteiger partial charge in [0, 0.05) is 28.4 Å². The summed E-state index contributed by atoms with van der Waals surface area (Å²) in [4.78, 5) is 22.2. The van der Waals surface area contributed by atoms with Crippen LogP contribution in [0.4, 0.5) is 11.4 Å². The number of halogens is 2. The van der Waals surface area contributed by atoms with Crippen LogP contribution in [0.5, 0.6) is 5.75 Å². The molecule has 2 aromatic carbocycles. The molecule has 0 radical (unpaired) electrons. The number of nitro benzene ring substituents is 1. The summed E-state index contributed by atoms with van der Waals surface area (Å²) in [5.74, 6) is -0.191. The minimum atomic E-state index is -0.507. The van der Waals surface area contributed by atoms with Crippen molar-refractivity contribution < 1.29 is 14.5 Å². The van der Waals surface area contributed by atoms with Gasteiger partial charge in [-0.05, 0) is 25.1 Å². The Morgan fingerprint density at radius 2 is 2.00 bits per heavy atom. The number of nitrogens with one attached hydrogen (secondary N) is 1.